The fraction of sp³-hybridized carbons (Fsp3) is 0.375. The third kappa shape index (κ3) is 2.69. The first kappa shape index (κ1) is 12.0. The Balaban J connectivity index is 2.89. The van der Waals surface area contributed by atoms with Crippen molar-refractivity contribution in [3.8, 4) is 0 Å². The van der Waals surface area contributed by atoms with Gasteiger partial charge in [-0.05, 0) is 0 Å². The van der Waals surface area contributed by atoms with Gasteiger partial charge in [0.25, 0.3) is 0 Å². The number of hydrazine groups is 1. The number of nitrogens with one attached hydrogen (secondary N) is 1. The molecule has 0 spiro atoms. The molecular formula is C8H10F3N3S. The zero-order valence-corrected chi connectivity index (χ0v) is 8.75. The second-order valence-electron chi connectivity index (χ2n) is 2.96. The molecular weight excluding hydrogens is 227 g/mol. The Morgan fingerprint density at radius 2 is 2.27 bits per heavy atom. The third-order valence-electron chi connectivity index (χ3n) is 1.89. The largest absolute Gasteiger partial charge is 0.434 e. The van der Waals surface area contributed by atoms with Gasteiger partial charge in [-0.15, -0.1) is 11.3 Å². The van der Waals surface area contributed by atoms with Crippen LogP contribution in [0.25, 0.3) is 0 Å². The SMILES string of the molecule is C=C(NN)C(C)c1nc(C(F)(F)F)cs1. The van der Waals surface area contributed by atoms with E-state index in [0.717, 1.165) is 16.7 Å². The standard InChI is InChI=1S/C8H10F3N3S/c1-4(5(2)14-12)7-13-6(3-15-7)8(9,10)11/h3-4,14H,2,12H2,1H3. The summed E-state index contributed by atoms with van der Waals surface area (Å²) < 4.78 is 36.7. The lowest BCUT2D eigenvalue weighted by molar-refractivity contribution is -0.140. The van der Waals surface area contributed by atoms with E-state index in [-0.39, 0.29) is 5.92 Å². The highest BCUT2D eigenvalue weighted by Gasteiger charge is 2.34. The first-order valence-corrected chi connectivity index (χ1v) is 4.92. The number of hydrogen-bond donors (Lipinski definition) is 2. The van der Waals surface area contributed by atoms with Crippen molar-refractivity contribution in [1.29, 1.82) is 0 Å². The van der Waals surface area contributed by atoms with Crippen LogP contribution in [0.1, 0.15) is 23.5 Å². The molecule has 1 heterocycles. The van der Waals surface area contributed by atoms with Crippen molar-refractivity contribution >= 4 is 11.3 Å². The second kappa shape index (κ2) is 4.19. The molecule has 1 aromatic heterocycles. The monoisotopic (exact) mass is 237 g/mol. The van der Waals surface area contributed by atoms with E-state index in [4.69, 9.17) is 5.84 Å². The summed E-state index contributed by atoms with van der Waals surface area (Å²) in [4.78, 5) is 3.49. The van der Waals surface area contributed by atoms with Crippen LogP contribution in [-0.2, 0) is 6.18 Å². The van der Waals surface area contributed by atoms with Crippen LogP contribution in [0.2, 0.25) is 0 Å². The van der Waals surface area contributed by atoms with Crippen molar-refractivity contribution < 1.29 is 13.2 Å². The second-order valence-corrected chi connectivity index (χ2v) is 3.85. The van der Waals surface area contributed by atoms with Gasteiger partial charge < -0.3 is 5.43 Å². The first-order valence-electron chi connectivity index (χ1n) is 4.04. The Hall–Kier alpha value is -1.08. The Morgan fingerprint density at radius 1 is 1.67 bits per heavy atom. The lowest BCUT2D eigenvalue weighted by Gasteiger charge is -2.10. The van der Waals surface area contributed by atoms with E-state index in [1.54, 1.807) is 6.92 Å². The summed E-state index contributed by atoms with van der Waals surface area (Å²) in [6.45, 7) is 5.25. The van der Waals surface area contributed by atoms with Crippen LogP contribution in [0.3, 0.4) is 0 Å². The molecule has 0 fully saturated rings. The molecule has 0 aliphatic rings. The summed E-state index contributed by atoms with van der Waals surface area (Å²) in [5.74, 6) is 4.77. The summed E-state index contributed by atoms with van der Waals surface area (Å²) >= 11 is 0.941. The minimum atomic E-state index is -4.40. The molecule has 1 atom stereocenters. The molecule has 0 bridgehead atoms. The first-order chi connectivity index (χ1) is 6.86. The number of aromatic nitrogens is 1. The number of alkyl halides is 3. The normalized spacial score (nSPS) is 13.7. The predicted octanol–water partition coefficient (Wildman–Crippen LogP) is 2.24. The molecule has 1 unspecified atom stereocenters. The van der Waals surface area contributed by atoms with E-state index in [1.165, 1.54) is 0 Å². The van der Waals surface area contributed by atoms with E-state index in [1.807, 2.05) is 0 Å². The third-order valence-corrected chi connectivity index (χ3v) is 2.92. The van der Waals surface area contributed by atoms with Crippen molar-refractivity contribution in [3.63, 3.8) is 0 Å². The van der Waals surface area contributed by atoms with Crippen LogP contribution in [0.15, 0.2) is 17.7 Å². The zero-order valence-electron chi connectivity index (χ0n) is 7.93. The van der Waals surface area contributed by atoms with Gasteiger partial charge >= 0.3 is 6.18 Å². The van der Waals surface area contributed by atoms with Crippen LogP contribution in [0, 0.1) is 0 Å². The Labute approximate surface area is 88.8 Å². The van der Waals surface area contributed by atoms with Gasteiger partial charge in [-0.2, -0.15) is 13.2 Å². The molecule has 7 heteroatoms. The van der Waals surface area contributed by atoms with Crippen molar-refractivity contribution in [2.75, 3.05) is 0 Å². The molecule has 0 saturated carbocycles. The van der Waals surface area contributed by atoms with Gasteiger partial charge in [-0.25, -0.2) is 4.98 Å². The Bertz CT molecular complexity index is 358. The fourth-order valence-corrected chi connectivity index (χ4v) is 1.81. The van der Waals surface area contributed by atoms with Gasteiger partial charge in [-0.3, -0.25) is 5.84 Å². The summed E-state index contributed by atoms with van der Waals surface area (Å²) in [6.07, 6.45) is -4.40. The van der Waals surface area contributed by atoms with E-state index >= 15 is 0 Å². The fourth-order valence-electron chi connectivity index (χ4n) is 0.891. The van der Waals surface area contributed by atoms with Gasteiger partial charge in [0.2, 0.25) is 0 Å². The van der Waals surface area contributed by atoms with E-state index in [2.05, 4.69) is 17.0 Å². The van der Waals surface area contributed by atoms with E-state index < -0.39 is 11.9 Å². The van der Waals surface area contributed by atoms with Crippen molar-refractivity contribution in [2.24, 2.45) is 5.84 Å². The van der Waals surface area contributed by atoms with Gasteiger partial charge in [-0.1, -0.05) is 13.5 Å². The molecule has 0 radical (unpaired) electrons. The lowest BCUT2D eigenvalue weighted by atomic mass is 10.1. The Morgan fingerprint density at radius 3 is 2.67 bits per heavy atom. The highest BCUT2D eigenvalue weighted by Crippen LogP contribution is 2.33. The van der Waals surface area contributed by atoms with Crippen LogP contribution in [0.5, 0.6) is 0 Å². The van der Waals surface area contributed by atoms with Gasteiger partial charge in [0.15, 0.2) is 5.69 Å². The predicted molar refractivity (Wildman–Crippen MR) is 52.0 cm³/mol. The molecule has 84 valence electrons. The van der Waals surface area contributed by atoms with Crippen LogP contribution in [-0.4, -0.2) is 4.98 Å². The van der Waals surface area contributed by atoms with Crippen molar-refractivity contribution in [3.05, 3.63) is 28.4 Å². The maximum Gasteiger partial charge on any atom is 0.434 e. The van der Waals surface area contributed by atoms with Crippen molar-refractivity contribution in [1.82, 2.24) is 10.4 Å². The topological polar surface area (TPSA) is 50.9 Å². The number of nitrogens with zero attached hydrogens (tertiary/aromatic N) is 1. The molecule has 0 aromatic carbocycles. The molecule has 15 heavy (non-hydrogen) atoms. The van der Waals surface area contributed by atoms with Crippen LogP contribution < -0.4 is 11.3 Å². The number of nitrogens with two attached hydrogens (primary N) is 1. The van der Waals surface area contributed by atoms with Gasteiger partial charge in [0, 0.05) is 17.0 Å². The summed E-state index contributed by atoms with van der Waals surface area (Å²) in [5, 5.41) is 1.32. The average molecular weight is 237 g/mol. The summed E-state index contributed by atoms with van der Waals surface area (Å²) in [7, 11) is 0. The molecule has 3 nitrogen and oxygen atoms in total. The van der Waals surface area contributed by atoms with Crippen molar-refractivity contribution in [2.45, 2.75) is 19.0 Å². The molecule has 0 aliphatic heterocycles. The van der Waals surface area contributed by atoms with Gasteiger partial charge in [0.1, 0.15) is 5.01 Å². The van der Waals surface area contributed by atoms with E-state index in [9.17, 15) is 13.2 Å². The molecule has 3 N–H and O–H groups in total. The number of halogens is 3. The minimum Gasteiger partial charge on any atom is -0.328 e. The number of hydrogen-bond acceptors (Lipinski definition) is 4. The number of thiazole rings is 1. The lowest BCUT2D eigenvalue weighted by Crippen LogP contribution is -2.23. The molecule has 0 amide bonds. The minimum absolute atomic E-state index is 0.337. The Kier molecular flexibility index (Phi) is 3.35. The highest BCUT2D eigenvalue weighted by atomic mass is 32.1. The summed E-state index contributed by atoms with van der Waals surface area (Å²) in [6, 6.07) is 0. The highest BCUT2D eigenvalue weighted by molar-refractivity contribution is 7.09. The molecule has 1 rings (SSSR count). The van der Waals surface area contributed by atoms with Crippen LogP contribution >= 0.6 is 11.3 Å². The zero-order chi connectivity index (χ0) is 11.6. The average Bonchev–Trinajstić information content (AvgIpc) is 2.63. The maximum atomic E-state index is 12.2. The molecule has 0 aliphatic carbocycles. The summed E-state index contributed by atoms with van der Waals surface area (Å²) in [5.41, 5.74) is 1.86. The number of allylic oxidation sites excluding steroid dienone is 1. The van der Waals surface area contributed by atoms with E-state index in [0.29, 0.717) is 10.7 Å². The molecule has 0 saturated heterocycles. The van der Waals surface area contributed by atoms with Gasteiger partial charge in [0.05, 0.1) is 0 Å². The van der Waals surface area contributed by atoms with Crippen LogP contribution in [0.4, 0.5) is 13.2 Å². The number of rotatable bonds is 3. The molecule has 1 aromatic rings. The maximum absolute atomic E-state index is 12.2. The quantitative estimate of drug-likeness (QED) is 0.626. The smallest absolute Gasteiger partial charge is 0.328 e.